The second kappa shape index (κ2) is 8.12. The summed E-state index contributed by atoms with van der Waals surface area (Å²) in [4.78, 5) is 11.4. The molecule has 17 heavy (non-hydrogen) atoms. The summed E-state index contributed by atoms with van der Waals surface area (Å²) in [5, 5.41) is 11.7. The van der Waals surface area contributed by atoms with Gasteiger partial charge in [-0.3, -0.25) is 0 Å². The van der Waals surface area contributed by atoms with Crippen LogP contribution < -0.4 is 5.32 Å². The molecule has 0 saturated carbocycles. The van der Waals surface area contributed by atoms with Crippen molar-refractivity contribution in [1.82, 2.24) is 5.32 Å². The maximum Gasteiger partial charge on any atom is 0.408 e. The van der Waals surface area contributed by atoms with E-state index in [1.54, 1.807) is 26.8 Å². The zero-order valence-electron chi connectivity index (χ0n) is 11.3. The van der Waals surface area contributed by atoms with Crippen molar-refractivity contribution in [2.75, 3.05) is 6.61 Å². The molecule has 0 rings (SSSR count). The van der Waals surface area contributed by atoms with Crippen LogP contribution in [0.1, 0.15) is 47.0 Å². The number of rotatable bonds is 6. The summed E-state index contributed by atoms with van der Waals surface area (Å²) in [6.45, 7) is 7.41. The Kier molecular flexibility index (Phi) is 7.63. The van der Waals surface area contributed by atoms with Gasteiger partial charge in [0.25, 0.3) is 0 Å². The molecule has 0 saturated heterocycles. The number of aliphatic hydroxyl groups is 1. The molecule has 1 atom stereocenters. The fraction of sp³-hybridized carbons (Fsp3) is 0.769. The molecule has 0 aromatic carbocycles. The molecule has 100 valence electrons. The summed E-state index contributed by atoms with van der Waals surface area (Å²) in [6, 6.07) is -0.373. The van der Waals surface area contributed by atoms with Crippen LogP contribution in [-0.4, -0.2) is 29.4 Å². The molecule has 2 N–H and O–H groups in total. The second-order valence-corrected chi connectivity index (χ2v) is 5.01. The summed E-state index contributed by atoms with van der Waals surface area (Å²) >= 11 is 0. The van der Waals surface area contributed by atoms with E-state index in [0.717, 1.165) is 19.3 Å². The zero-order valence-corrected chi connectivity index (χ0v) is 11.3. The summed E-state index contributed by atoms with van der Waals surface area (Å²) in [6.07, 6.45) is 6.48. The minimum atomic E-state index is -0.518. The number of amides is 1. The maximum atomic E-state index is 11.4. The highest BCUT2D eigenvalue weighted by Gasteiger charge is 2.17. The van der Waals surface area contributed by atoms with E-state index in [1.807, 2.05) is 6.08 Å². The lowest BCUT2D eigenvalue weighted by Crippen LogP contribution is -2.39. The molecule has 0 aromatic heterocycles. The van der Waals surface area contributed by atoms with Gasteiger partial charge in [0.15, 0.2) is 0 Å². The highest BCUT2D eigenvalue weighted by Crippen LogP contribution is 2.07. The highest BCUT2D eigenvalue weighted by atomic mass is 16.6. The molecule has 0 aliphatic rings. The fourth-order valence-corrected chi connectivity index (χ4v) is 1.20. The monoisotopic (exact) mass is 243 g/mol. The lowest BCUT2D eigenvalue weighted by atomic mass is 10.2. The van der Waals surface area contributed by atoms with Crippen LogP contribution >= 0.6 is 0 Å². The molecule has 4 nitrogen and oxygen atoms in total. The number of hydrogen-bond acceptors (Lipinski definition) is 3. The average molecular weight is 243 g/mol. The van der Waals surface area contributed by atoms with E-state index in [-0.39, 0.29) is 12.6 Å². The first kappa shape index (κ1) is 16.0. The van der Waals surface area contributed by atoms with E-state index in [4.69, 9.17) is 9.84 Å². The normalized spacial score (nSPS) is 13.7. The SMILES string of the molecule is CCCC/C=C/C(CO)NC(=O)OC(C)(C)C. The molecular weight excluding hydrogens is 218 g/mol. The van der Waals surface area contributed by atoms with Gasteiger partial charge in [0.2, 0.25) is 0 Å². The van der Waals surface area contributed by atoms with Crippen LogP contribution in [0.3, 0.4) is 0 Å². The molecule has 0 aliphatic heterocycles. The molecule has 0 spiro atoms. The van der Waals surface area contributed by atoms with Gasteiger partial charge in [-0.15, -0.1) is 0 Å². The Labute approximate surface area is 104 Å². The van der Waals surface area contributed by atoms with Crippen molar-refractivity contribution in [1.29, 1.82) is 0 Å². The van der Waals surface area contributed by atoms with Crippen molar-refractivity contribution in [2.45, 2.75) is 58.6 Å². The van der Waals surface area contributed by atoms with Crippen molar-refractivity contribution in [3.8, 4) is 0 Å². The predicted molar refractivity (Wildman–Crippen MR) is 68.9 cm³/mol. The quantitative estimate of drug-likeness (QED) is 0.557. The van der Waals surface area contributed by atoms with Crippen molar-refractivity contribution < 1.29 is 14.6 Å². The molecule has 1 amide bonds. The van der Waals surface area contributed by atoms with E-state index < -0.39 is 11.7 Å². The minimum Gasteiger partial charge on any atom is -0.444 e. The van der Waals surface area contributed by atoms with Crippen LogP contribution in [0.15, 0.2) is 12.2 Å². The molecule has 4 heteroatoms. The van der Waals surface area contributed by atoms with Crippen LogP contribution in [0.25, 0.3) is 0 Å². The van der Waals surface area contributed by atoms with E-state index in [0.29, 0.717) is 0 Å². The number of hydrogen-bond donors (Lipinski definition) is 2. The molecule has 0 radical (unpaired) electrons. The summed E-state index contributed by atoms with van der Waals surface area (Å²) < 4.78 is 5.10. The molecule has 0 fully saturated rings. The zero-order chi connectivity index (χ0) is 13.3. The number of ether oxygens (including phenoxy) is 1. The third kappa shape index (κ3) is 9.87. The third-order valence-electron chi connectivity index (χ3n) is 1.99. The number of aliphatic hydroxyl groups excluding tert-OH is 1. The van der Waals surface area contributed by atoms with Gasteiger partial charge in [0.05, 0.1) is 12.6 Å². The second-order valence-electron chi connectivity index (χ2n) is 5.01. The Hall–Kier alpha value is -1.03. The van der Waals surface area contributed by atoms with Crippen LogP contribution in [0.5, 0.6) is 0 Å². The Morgan fingerprint density at radius 1 is 1.47 bits per heavy atom. The summed E-state index contributed by atoms with van der Waals surface area (Å²) in [7, 11) is 0. The first-order chi connectivity index (χ1) is 7.89. The first-order valence-electron chi connectivity index (χ1n) is 6.16. The van der Waals surface area contributed by atoms with Crippen LogP contribution in [0.4, 0.5) is 4.79 Å². The van der Waals surface area contributed by atoms with E-state index in [1.165, 1.54) is 0 Å². The number of alkyl carbamates (subject to hydrolysis) is 1. The van der Waals surface area contributed by atoms with Gasteiger partial charge in [-0.2, -0.15) is 0 Å². The van der Waals surface area contributed by atoms with E-state index in [2.05, 4.69) is 12.2 Å². The van der Waals surface area contributed by atoms with Crippen molar-refractivity contribution in [3.63, 3.8) is 0 Å². The van der Waals surface area contributed by atoms with Crippen molar-refractivity contribution in [3.05, 3.63) is 12.2 Å². The molecule has 0 aromatic rings. The number of nitrogens with one attached hydrogen (secondary N) is 1. The molecule has 0 aliphatic carbocycles. The molecular formula is C13H25NO3. The number of allylic oxidation sites excluding steroid dienone is 1. The smallest absolute Gasteiger partial charge is 0.408 e. The molecule has 0 heterocycles. The fourth-order valence-electron chi connectivity index (χ4n) is 1.20. The van der Waals surface area contributed by atoms with Gasteiger partial charge in [-0.25, -0.2) is 4.79 Å². The van der Waals surface area contributed by atoms with Gasteiger partial charge in [0, 0.05) is 0 Å². The lowest BCUT2D eigenvalue weighted by Gasteiger charge is -2.21. The average Bonchev–Trinajstić information content (AvgIpc) is 2.20. The number of unbranched alkanes of at least 4 members (excludes halogenated alkanes) is 2. The number of carbonyl (C=O) groups is 1. The topological polar surface area (TPSA) is 58.6 Å². The molecule has 1 unspecified atom stereocenters. The summed E-state index contributed by atoms with van der Waals surface area (Å²) in [5.74, 6) is 0. The Bertz CT molecular complexity index is 244. The first-order valence-corrected chi connectivity index (χ1v) is 6.16. The van der Waals surface area contributed by atoms with Gasteiger partial charge >= 0.3 is 6.09 Å². The van der Waals surface area contributed by atoms with E-state index in [9.17, 15) is 4.79 Å². The predicted octanol–water partition coefficient (Wildman–Crippen LogP) is 2.62. The Morgan fingerprint density at radius 2 is 2.12 bits per heavy atom. The Morgan fingerprint density at radius 3 is 2.59 bits per heavy atom. The van der Waals surface area contributed by atoms with Crippen LogP contribution in [0.2, 0.25) is 0 Å². The minimum absolute atomic E-state index is 0.123. The van der Waals surface area contributed by atoms with Crippen molar-refractivity contribution >= 4 is 6.09 Å². The molecule has 0 bridgehead atoms. The van der Waals surface area contributed by atoms with E-state index >= 15 is 0 Å². The number of carbonyl (C=O) groups excluding carboxylic acids is 1. The van der Waals surface area contributed by atoms with Gasteiger partial charge in [-0.1, -0.05) is 31.9 Å². The maximum absolute atomic E-state index is 11.4. The lowest BCUT2D eigenvalue weighted by molar-refractivity contribution is 0.0498. The van der Waals surface area contributed by atoms with Crippen molar-refractivity contribution in [2.24, 2.45) is 0 Å². The van der Waals surface area contributed by atoms with Crippen LogP contribution in [-0.2, 0) is 4.74 Å². The van der Waals surface area contributed by atoms with Gasteiger partial charge in [0.1, 0.15) is 5.60 Å². The largest absolute Gasteiger partial charge is 0.444 e. The summed E-state index contributed by atoms with van der Waals surface area (Å²) in [5.41, 5.74) is -0.518. The standard InChI is InChI=1S/C13H25NO3/c1-5-6-7-8-9-11(10-15)14-12(16)17-13(2,3)4/h8-9,11,15H,5-7,10H2,1-4H3,(H,14,16)/b9-8+. The van der Waals surface area contributed by atoms with Gasteiger partial charge in [-0.05, 0) is 27.2 Å². The van der Waals surface area contributed by atoms with Crippen LogP contribution in [0, 0.1) is 0 Å². The van der Waals surface area contributed by atoms with Gasteiger partial charge < -0.3 is 15.2 Å². The third-order valence-corrected chi connectivity index (χ3v) is 1.99. The Balaban J connectivity index is 4.04. The highest BCUT2D eigenvalue weighted by molar-refractivity contribution is 5.68.